The largest absolute Gasteiger partial charge is 0.347 e. The number of rotatable bonds is 8. The SMILES string of the molecule is BC(C)(P)c1nc(-c2ccc(CONC(C(=C)C)C(=O)N(C)C)cc2)no1. The van der Waals surface area contributed by atoms with Crippen LogP contribution >= 0.6 is 9.24 Å². The fourth-order valence-electron chi connectivity index (χ4n) is 2.18. The van der Waals surface area contributed by atoms with E-state index in [1.807, 2.05) is 39.0 Å². The summed E-state index contributed by atoms with van der Waals surface area (Å²) in [6.07, 6.45) is 0. The lowest BCUT2D eigenvalue weighted by Crippen LogP contribution is -2.44. The second kappa shape index (κ2) is 8.78. The van der Waals surface area contributed by atoms with Crippen molar-refractivity contribution in [3.05, 3.63) is 47.9 Å². The molecule has 0 aliphatic carbocycles. The Morgan fingerprint density at radius 1 is 1.44 bits per heavy atom. The van der Waals surface area contributed by atoms with Gasteiger partial charge in [0.1, 0.15) is 13.9 Å². The number of carbonyl (C=O) groups is 1. The van der Waals surface area contributed by atoms with Crippen molar-refractivity contribution in [1.29, 1.82) is 0 Å². The highest BCUT2D eigenvalue weighted by molar-refractivity contribution is 7.21. The van der Waals surface area contributed by atoms with Gasteiger partial charge in [-0.05, 0) is 12.5 Å². The number of hydrogen-bond acceptors (Lipinski definition) is 6. The van der Waals surface area contributed by atoms with Gasteiger partial charge in [-0.25, -0.2) is 0 Å². The molecule has 9 heteroatoms. The van der Waals surface area contributed by atoms with E-state index in [0.29, 0.717) is 23.9 Å². The van der Waals surface area contributed by atoms with Crippen molar-refractivity contribution in [1.82, 2.24) is 20.5 Å². The third-order valence-electron chi connectivity index (χ3n) is 3.81. The number of benzene rings is 1. The van der Waals surface area contributed by atoms with Crippen LogP contribution in [0.3, 0.4) is 0 Å². The van der Waals surface area contributed by atoms with Crippen LogP contribution in [0.25, 0.3) is 11.4 Å². The number of carbonyl (C=O) groups excluding carboxylic acids is 1. The number of hydrogen-bond donors (Lipinski definition) is 1. The summed E-state index contributed by atoms with van der Waals surface area (Å²) < 4.78 is 5.31. The predicted molar refractivity (Wildman–Crippen MR) is 111 cm³/mol. The second-order valence-corrected chi connectivity index (χ2v) is 8.70. The predicted octanol–water partition coefficient (Wildman–Crippen LogP) is 1.47. The van der Waals surface area contributed by atoms with E-state index in [1.54, 1.807) is 21.0 Å². The average Bonchev–Trinajstić information content (AvgIpc) is 3.08. The summed E-state index contributed by atoms with van der Waals surface area (Å²) in [6, 6.07) is 7.08. The maximum absolute atomic E-state index is 12.1. The van der Waals surface area contributed by atoms with Gasteiger partial charge in [0.2, 0.25) is 17.6 Å². The fourth-order valence-corrected chi connectivity index (χ4v) is 2.30. The lowest BCUT2D eigenvalue weighted by atomic mass is 9.88. The van der Waals surface area contributed by atoms with Crippen LogP contribution in [0.4, 0.5) is 0 Å². The van der Waals surface area contributed by atoms with Crippen molar-refractivity contribution in [3.8, 4) is 11.4 Å². The molecule has 1 N–H and O–H groups in total. The standard InChI is InChI=1S/C18H26BN4O3P/c1-11(2)14(16(24)23(4)5)21-25-10-12-6-8-13(9-7-12)15-20-17(26-22-15)18(3,19)27/h6-9,14,21H,1,10,19,27H2,2-5H3. The van der Waals surface area contributed by atoms with E-state index in [-0.39, 0.29) is 11.0 Å². The third-order valence-corrected chi connectivity index (χ3v) is 4.06. The van der Waals surface area contributed by atoms with Gasteiger partial charge in [-0.3, -0.25) is 9.63 Å². The molecule has 2 aromatic rings. The molecule has 0 aliphatic rings. The van der Waals surface area contributed by atoms with Crippen LogP contribution in [0.2, 0.25) is 0 Å². The molecule has 1 heterocycles. The molecule has 7 nitrogen and oxygen atoms in total. The van der Waals surface area contributed by atoms with Gasteiger partial charge < -0.3 is 9.42 Å². The Hall–Kier alpha value is -2.02. The molecule has 1 aromatic carbocycles. The number of likely N-dealkylation sites (N-methyl/N-ethyl adjacent to an activating group) is 1. The second-order valence-electron chi connectivity index (χ2n) is 7.26. The fraction of sp³-hybridized carbons (Fsp3) is 0.389. The molecule has 1 amide bonds. The van der Waals surface area contributed by atoms with Gasteiger partial charge in [0.25, 0.3) is 0 Å². The van der Waals surface area contributed by atoms with E-state index in [4.69, 9.17) is 9.36 Å². The normalized spacial score (nSPS) is 14.4. The number of nitrogens with one attached hydrogen (secondary N) is 1. The number of hydroxylamine groups is 1. The zero-order valence-electron chi connectivity index (χ0n) is 16.4. The quantitative estimate of drug-likeness (QED) is 0.319. The summed E-state index contributed by atoms with van der Waals surface area (Å²) >= 11 is 0. The van der Waals surface area contributed by atoms with E-state index < -0.39 is 6.04 Å². The van der Waals surface area contributed by atoms with Crippen LogP contribution in [0.5, 0.6) is 0 Å². The topological polar surface area (TPSA) is 80.5 Å². The first-order chi connectivity index (χ1) is 12.6. The minimum absolute atomic E-state index is 0.109. The molecule has 3 unspecified atom stereocenters. The Kier molecular flexibility index (Phi) is 6.92. The molecule has 0 fully saturated rings. The summed E-state index contributed by atoms with van der Waals surface area (Å²) in [5.41, 5.74) is 5.27. The van der Waals surface area contributed by atoms with Gasteiger partial charge in [0.05, 0.1) is 6.61 Å². The third kappa shape index (κ3) is 5.73. The molecule has 2 rings (SSSR count). The molecule has 0 radical (unpaired) electrons. The number of aromatic nitrogens is 2. The van der Waals surface area contributed by atoms with Crippen molar-refractivity contribution in [3.63, 3.8) is 0 Å². The van der Waals surface area contributed by atoms with Crippen LogP contribution in [0.15, 0.2) is 40.9 Å². The highest BCUT2D eigenvalue weighted by Crippen LogP contribution is 2.27. The van der Waals surface area contributed by atoms with Crippen LogP contribution in [0.1, 0.15) is 25.3 Å². The van der Waals surface area contributed by atoms with Crippen molar-refractivity contribution >= 4 is 23.0 Å². The van der Waals surface area contributed by atoms with E-state index in [9.17, 15) is 4.79 Å². The van der Waals surface area contributed by atoms with Gasteiger partial charge in [-0.15, -0.1) is 9.24 Å². The highest BCUT2D eigenvalue weighted by atomic mass is 31.0. The molecule has 144 valence electrons. The van der Waals surface area contributed by atoms with Crippen LogP contribution in [0, 0.1) is 0 Å². The summed E-state index contributed by atoms with van der Waals surface area (Å²) in [7, 11) is 8.06. The van der Waals surface area contributed by atoms with Gasteiger partial charge >= 0.3 is 0 Å². The lowest BCUT2D eigenvalue weighted by molar-refractivity contribution is -0.134. The molecular weight excluding hydrogens is 362 g/mol. The summed E-state index contributed by atoms with van der Waals surface area (Å²) in [4.78, 5) is 23.5. The Bertz CT molecular complexity index is 800. The number of amides is 1. The first kappa shape index (κ1) is 21.3. The molecule has 0 bridgehead atoms. The Balaban J connectivity index is 1.97. The van der Waals surface area contributed by atoms with Crippen molar-refractivity contribution in [2.45, 2.75) is 31.6 Å². The molecule has 0 aliphatic heterocycles. The first-order valence-corrected chi connectivity index (χ1v) is 9.13. The summed E-state index contributed by atoms with van der Waals surface area (Å²) in [5.74, 6) is 1.00. The van der Waals surface area contributed by atoms with E-state index >= 15 is 0 Å². The smallest absolute Gasteiger partial charge is 0.245 e. The molecule has 3 atom stereocenters. The Morgan fingerprint density at radius 2 is 2.07 bits per heavy atom. The summed E-state index contributed by atoms with van der Waals surface area (Å²) in [6.45, 7) is 7.91. The average molecular weight is 388 g/mol. The van der Waals surface area contributed by atoms with E-state index in [1.165, 1.54) is 4.90 Å². The van der Waals surface area contributed by atoms with Gasteiger partial charge in [0, 0.05) is 24.7 Å². The highest BCUT2D eigenvalue weighted by Gasteiger charge is 2.23. The molecule has 0 saturated heterocycles. The van der Waals surface area contributed by atoms with Crippen molar-refractivity contribution in [2.75, 3.05) is 14.1 Å². The molecule has 0 spiro atoms. The van der Waals surface area contributed by atoms with Crippen molar-refractivity contribution < 1.29 is 14.2 Å². The number of nitrogens with zero attached hydrogens (tertiary/aromatic N) is 3. The maximum Gasteiger partial charge on any atom is 0.245 e. The van der Waals surface area contributed by atoms with Gasteiger partial charge in [-0.2, -0.15) is 10.5 Å². The zero-order chi connectivity index (χ0) is 20.2. The monoisotopic (exact) mass is 388 g/mol. The van der Waals surface area contributed by atoms with Crippen LogP contribution in [-0.4, -0.2) is 48.9 Å². The Morgan fingerprint density at radius 3 is 2.56 bits per heavy atom. The van der Waals surface area contributed by atoms with Crippen LogP contribution in [-0.2, 0) is 21.3 Å². The molecule has 0 saturated carbocycles. The zero-order valence-corrected chi connectivity index (χ0v) is 17.6. The molecular formula is C18H26BN4O3P. The Labute approximate surface area is 163 Å². The van der Waals surface area contributed by atoms with Gasteiger partial charge in [0.15, 0.2) is 0 Å². The van der Waals surface area contributed by atoms with E-state index in [0.717, 1.165) is 11.1 Å². The minimum Gasteiger partial charge on any atom is -0.347 e. The van der Waals surface area contributed by atoms with Gasteiger partial charge in [-0.1, -0.05) is 48.5 Å². The lowest BCUT2D eigenvalue weighted by Gasteiger charge is -2.21. The molecule has 1 aromatic heterocycles. The van der Waals surface area contributed by atoms with E-state index in [2.05, 4.69) is 31.4 Å². The first-order valence-electron chi connectivity index (χ1n) is 8.56. The van der Waals surface area contributed by atoms with Crippen LogP contribution < -0.4 is 5.48 Å². The molecule has 27 heavy (non-hydrogen) atoms. The maximum atomic E-state index is 12.1. The van der Waals surface area contributed by atoms with Crippen molar-refractivity contribution in [2.24, 2.45) is 0 Å². The summed E-state index contributed by atoms with van der Waals surface area (Å²) in [5, 5.41) is 3.76. The minimum atomic E-state index is -0.577.